The Morgan fingerprint density at radius 3 is 1.80 bits per heavy atom. The fourth-order valence-corrected chi connectivity index (χ4v) is 2.19. The highest BCUT2D eigenvalue weighted by molar-refractivity contribution is 6.00. The summed E-state index contributed by atoms with van der Waals surface area (Å²) in [5, 5.41) is 0. The second-order valence-electron chi connectivity index (χ2n) is 4.95. The fourth-order valence-electron chi connectivity index (χ4n) is 2.19. The molecule has 0 fully saturated rings. The third-order valence-electron chi connectivity index (χ3n) is 2.71. The molecule has 2 nitrogen and oxygen atoms in total. The summed E-state index contributed by atoms with van der Waals surface area (Å²) >= 11 is 0. The zero-order valence-electron chi connectivity index (χ0n) is 10.7. The Balaban J connectivity index is 4.33. The van der Waals surface area contributed by atoms with Crippen LogP contribution in [0.25, 0.3) is 0 Å². The zero-order chi connectivity index (χ0) is 12.0. The quantitative estimate of drug-likeness (QED) is 0.607. The van der Waals surface area contributed by atoms with Gasteiger partial charge in [-0.2, -0.15) is 0 Å². The van der Waals surface area contributed by atoms with E-state index >= 15 is 0 Å². The van der Waals surface area contributed by atoms with Crippen LogP contribution in [0.4, 0.5) is 0 Å². The van der Waals surface area contributed by atoms with Gasteiger partial charge in [-0.25, -0.2) is 0 Å². The Morgan fingerprint density at radius 2 is 1.47 bits per heavy atom. The maximum atomic E-state index is 11.9. The van der Waals surface area contributed by atoms with E-state index in [1.54, 1.807) is 0 Å². The van der Waals surface area contributed by atoms with Crippen LogP contribution in [0.2, 0.25) is 0 Å². The molecule has 0 N–H and O–H groups in total. The van der Waals surface area contributed by atoms with Gasteiger partial charge in [0.1, 0.15) is 11.6 Å². The van der Waals surface area contributed by atoms with Crippen LogP contribution in [0.5, 0.6) is 0 Å². The molecule has 0 aliphatic heterocycles. The molecule has 0 aliphatic carbocycles. The van der Waals surface area contributed by atoms with E-state index in [1.165, 1.54) is 0 Å². The monoisotopic (exact) mass is 212 g/mol. The van der Waals surface area contributed by atoms with Gasteiger partial charge >= 0.3 is 0 Å². The highest BCUT2D eigenvalue weighted by Crippen LogP contribution is 2.23. The van der Waals surface area contributed by atoms with Crippen molar-refractivity contribution in [2.24, 2.45) is 17.8 Å². The Labute approximate surface area is 93.4 Å². The summed E-state index contributed by atoms with van der Waals surface area (Å²) in [5.74, 6) is 0.900. The van der Waals surface area contributed by atoms with E-state index in [-0.39, 0.29) is 23.9 Å². The van der Waals surface area contributed by atoms with Crippen LogP contribution >= 0.6 is 0 Å². The van der Waals surface area contributed by atoms with Gasteiger partial charge in [0.05, 0.1) is 6.42 Å². The summed E-state index contributed by atoms with van der Waals surface area (Å²) in [7, 11) is 0. The molecule has 0 radical (unpaired) electrons. The minimum Gasteiger partial charge on any atom is -0.299 e. The molecule has 2 heteroatoms. The molecule has 0 aromatic carbocycles. The summed E-state index contributed by atoms with van der Waals surface area (Å²) < 4.78 is 0. The van der Waals surface area contributed by atoms with Crippen molar-refractivity contribution in [3.63, 3.8) is 0 Å². The number of rotatable bonds is 7. The molecule has 15 heavy (non-hydrogen) atoms. The van der Waals surface area contributed by atoms with Crippen LogP contribution in [0.3, 0.4) is 0 Å². The number of Topliss-reactive ketones (excluding diaryl/α,β-unsaturated/α-hetero) is 2. The van der Waals surface area contributed by atoms with Crippen molar-refractivity contribution in [3.05, 3.63) is 0 Å². The molecule has 0 saturated carbocycles. The summed E-state index contributed by atoms with van der Waals surface area (Å²) in [4.78, 5) is 23.3. The van der Waals surface area contributed by atoms with Gasteiger partial charge in [-0.1, -0.05) is 34.6 Å². The van der Waals surface area contributed by atoms with E-state index < -0.39 is 0 Å². The third kappa shape index (κ3) is 5.10. The molecular formula is C13H24O2. The van der Waals surface area contributed by atoms with E-state index in [0.29, 0.717) is 18.3 Å². The van der Waals surface area contributed by atoms with Gasteiger partial charge < -0.3 is 0 Å². The minimum absolute atomic E-state index is 0.0332. The van der Waals surface area contributed by atoms with E-state index in [2.05, 4.69) is 0 Å². The maximum Gasteiger partial charge on any atom is 0.143 e. The molecule has 0 saturated heterocycles. The average Bonchev–Trinajstić information content (AvgIpc) is 2.01. The van der Waals surface area contributed by atoms with E-state index in [9.17, 15) is 9.59 Å². The molecule has 0 spiro atoms. The average molecular weight is 212 g/mol. The smallest absolute Gasteiger partial charge is 0.143 e. The van der Waals surface area contributed by atoms with Crippen molar-refractivity contribution < 1.29 is 9.59 Å². The van der Waals surface area contributed by atoms with E-state index in [4.69, 9.17) is 0 Å². The van der Waals surface area contributed by atoms with Crippen molar-refractivity contribution >= 4 is 11.6 Å². The molecule has 0 amide bonds. The zero-order valence-corrected chi connectivity index (χ0v) is 10.7. The maximum absolute atomic E-state index is 11.9. The lowest BCUT2D eigenvalue weighted by atomic mass is 9.80. The van der Waals surface area contributed by atoms with Crippen molar-refractivity contribution in [2.75, 3.05) is 0 Å². The molecule has 88 valence electrons. The first-order valence-corrected chi connectivity index (χ1v) is 5.94. The van der Waals surface area contributed by atoms with Crippen molar-refractivity contribution in [3.8, 4) is 0 Å². The van der Waals surface area contributed by atoms with Gasteiger partial charge in [-0.3, -0.25) is 9.59 Å². The number of hydrogen-bond donors (Lipinski definition) is 0. The van der Waals surface area contributed by atoms with Crippen LogP contribution in [-0.2, 0) is 9.59 Å². The molecule has 0 heterocycles. The van der Waals surface area contributed by atoms with Crippen molar-refractivity contribution in [1.29, 1.82) is 0 Å². The normalized spacial score (nSPS) is 11.5. The Morgan fingerprint density at radius 1 is 1.00 bits per heavy atom. The lowest BCUT2D eigenvalue weighted by molar-refractivity contribution is -0.131. The summed E-state index contributed by atoms with van der Waals surface area (Å²) in [6, 6.07) is 0. The molecule has 0 unspecified atom stereocenters. The predicted molar refractivity (Wildman–Crippen MR) is 62.7 cm³/mol. The minimum atomic E-state index is 0.0332. The lowest BCUT2D eigenvalue weighted by Crippen LogP contribution is -2.27. The summed E-state index contributed by atoms with van der Waals surface area (Å²) in [6.07, 6.45) is 1.50. The highest BCUT2D eigenvalue weighted by atomic mass is 16.1. The number of carbonyl (C=O) groups excluding carboxylic acids is 2. The van der Waals surface area contributed by atoms with Crippen LogP contribution in [0.1, 0.15) is 53.9 Å². The third-order valence-corrected chi connectivity index (χ3v) is 2.71. The largest absolute Gasteiger partial charge is 0.299 e. The van der Waals surface area contributed by atoms with E-state index in [1.807, 2.05) is 34.6 Å². The number of ketones is 2. The van der Waals surface area contributed by atoms with Crippen molar-refractivity contribution in [2.45, 2.75) is 53.9 Å². The fraction of sp³-hybridized carbons (Fsp3) is 0.846. The first kappa shape index (κ1) is 14.3. The standard InChI is InChI=1S/C13H24O2/c1-6-7-11(14)8-12(15)13(9(2)3)10(4)5/h9-10,13H,6-8H2,1-5H3. The van der Waals surface area contributed by atoms with Crippen LogP contribution in [-0.4, -0.2) is 11.6 Å². The predicted octanol–water partition coefficient (Wildman–Crippen LogP) is 3.24. The second kappa shape index (κ2) is 6.76. The van der Waals surface area contributed by atoms with Gasteiger partial charge in [0.25, 0.3) is 0 Å². The first-order valence-electron chi connectivity index (χ1n) is 5.94. The van der Waals surface area contributed by atoms with Gasteiger partial charge in [0, 0.05) is 12.3 Å². The van der Waals surface area contributed by atoms with Crippen molar-refractivity contribution in [1.82, 2.24) is 0 Å². The van der Waals surface area contributed by atoms with Crippen LogP contribution < -0.4 is 0 Å². The highest BCUT2D eigenvalue weighted by Gasteiger charge is 2.26. The summed E-state index contributed by atoms with van der Waals surface area (Å²) in [6.45, 7) is 10.2. The van der Waals surface area contributed by atoms with Crippen LogP contribution in [0, 0.1) is 17.8 Å². The molecule has 0 aliphatic rings. The number of hydrogen-bond acceptors (Lipinski definition) is 2. The second-order valence-corrected chi connectivity index (χ2v) is 4.95. The molecule has 0 aromatic rings. The Hall–Kier alpha value is -0.660. The van der Waals surface area contributed by atoms with Gasteiger partial charge in [-0.05, 0) is 18.3 Å². The van der Waals surface area contributed by atoms with Crippen LogP contribution in [0.15, 0.2) is 0 Å². The first-order chi connectivity index (χ1) is 6.90. The topological polar surface area (TPSA) is 34.1 Å². The Kier molecular flexibility index (Phi) is 6.46. The van der Waals surface area contributed by atoms with Gasteiger partial charge in [0.2, 0.25) is 0 Å². The Bertz CT molecular complexity index is 209. The van der Waals surface area contributed by atoms with Gasteiger partial charge in [-0.15, -0.1) is 0 Å². The van der Waals surface area contributed by atoms with Gasteiger partial charge in [0.15, 0.2) is 0 Å². The molecule has 0 atom stereocenters. The molecule has 0 bridgehead atoms. The van der Waals surface area contributed by atoms with E-state index in [0.717, 1.165) is 6.42 Å². The molecule has 0 aromatic heterocycles. The SMILES string of the molecule is CCCC(=O)CC(=O)C(C(C)C)C(C)C. The number of carbonyl (C=O) groups is 2. The lowest BCUT2D eigenvalue weighted by Gasteiger charge is -2.23. The summed E-state index contributed by atoms with van der Waals surface area (Å²) in [5.41, 5.74) is 0. The molecular weight excluding hydrogens is 188 g/mol. The molecule has 0 rings (SSSR count).